The molecule has 1 aliphatic heterocycles. The minimum absolute atomic E-state index is 0.0258. The van der Waals surface area contributed by atoms with E-state index in [1.807, 2.05) is 6.92 Å². The minimum atomic E-state index is -3.75. The molecule has 3 rings (SSSR count). The number of amides is 1. The van der Waals surface area contributed by atoms with E-state index >= 15 is 0 Å². The molecule has 7 nitrogen and oxygen atoms in total. The largest absolute Gasteiger partial charge is 0.486 e. The zero-order chi connectivity index (χ0) is 21.2. The van der Waals surface area contributed by atoms with E-state index < -0.39 is 10.0 Å². The molecule has 2 aromatic carbocycles. The van der Waals surface area contributed by atoms with Crippen LogP contribution < -0.4 is 14.6 Å². The van der Waals surface area contributed by atoms with Gasteiger partial charge in [-0.2, -0.15) is 0 Å². The lowest BCUT2D eigenvalue weighted by atomic mass is 10.1. The molecule has 0 saturated carbocycles. The summed E-state index contributed by atoms with van der Waals surface area (Å²) < 4.78 is 33.8. The van der Waals surface area contributed by atoms with Crippen molar-refractivity contribution in [2.45, 2.75) is 17.9 Å². The number of primary sulfonamides is 1. The molecule has 2 N–H and O–H groups in total. The van der Waals surface area contributed by atoms with Gasteiger partial charge in [0.2, 0.25) is 15.9 Å². The van der Waals surface area contributed by atoms with Gasteiger partial charge in [0.25, 0.3) is 0 Å². The molecular weight excluding hydrogens is 416 g/mol. The van der Waals surface area contributed by atoms with Gasteiger partial charge in [-0.15, -0.1) is 0 Å². The van der Waals surface area contributed by atoms with E-state index in [4.69, 9.17) is 26.2 Å². The first-order valence-corrected chi connectivity index (χ1v) is 10.8. The molecule has 29 heavy (non-hydrogen) atoms. The standard InChI is InChI=1S/C20H21ClN2O5S/c1-13(15-4-6-16(7-5-15)29(22,25)26)23(2)19(24)8-3-14-11-17(21)20-18(12-14)27-9-10-28-20/h3-8,11-13H,9-10H2,1-2H3,(H2,22,25,26). The fourth-order valence-corrected chi connectivity index (χ4v) is 3.65. The van der Waals surface area contributed by atoms with Crippen molar-refractivity contribution in [1.82, 2.24) is 4.90 Å². The van der Waals surface area contributed by atoms with Crippen molar-refractivity contribution in [3.05, 3.63) is 58.6 Å². The predicted molar refractivity (Wildman–Crippen MR) is 110 cm³/mol. The molecule has 2 aromatic rings. The maximum absolute atomic E-state index is 12.6. The maximum Gasteiger partial charge on any atom is 0.246 e. The second-order valence-corrected chi connectivity index (χ2v) is 8.57. The molecule has 154 valence electrons. The average Bonchev–Trinajstić information content (AvgIpc) is 2.70. The highest BCUT2D eigenvalue weighted by Gasteiger charge is 2.18. The Morgan fingerprint density at radius 3 is 2.52 bits per heavy atom. The van der Waals surface area contributed by atoms with Gasteiger partial charge in [-0.1, -0.05) is 23.7 Å². The summed E-state index contributed by atoms with van der Waals surface area (Å²) in [5.74, 6) is 0.835. The Morgan fingerprint density at radius 2 is 1.86 bits per heavy atom. The summed E-state index contributed by atoms with van der Waals surface area (Å²) >= 11 is 6.21. The fraction of sp³-hybridized carbons (Fsp3) is 0.250. The number of carbonyl (C=O) groups excluding carboxylic acids is 1. The number of fused-ring (bicyclic) bond motifs is 1. The van der Waals surface area contributed by atoms with Gasteiger partial charge >= 0.3 is 0 Å². The first kappa shape index (κ1) is 21.2. The topological polar surface area (TPSA) is 98.9 Å². The van der Waals surface area contributed by atoms with Crippen LogP contribution in [0.4, 0.5) is 0 Å². The molecule has 0 fully saturated rings. The average molecular weight is 437 g/mol. The molecule has 0 spiro atoms. The number of carbonyl (C=O) groups is 1. The SMILES string of the molecule is CC(c1ccc(S(N)(=O)=O)cc1)N(C)C(=O)C=Cc1cc(Cl)c2c(c1)OCCO2. The van der Waals surface area contributed by atoms with E-state index in [0.717, 1.165) is 5.56 Å². The Kier molecular flexibility index (Phi) is 6.16. The fourth-order valence-electron chi connectivity index (χ4n) is 2.86. The Balaban J connectivity index is 1.72. The predicted octanol–water partition coefficient (Wildman–Crippen LogP) is 2.99. The Hall–Kier alpha value is -2.55. The van der Waals surface area contributed by atoms with Crippen LogP contribution in [0.3, 0.4) is 0 Å². The van der Waals surface area contributed by atoms with Crippen LogP contribution in [0.1, 0.15) is 24.1 Å². The van der Waals surface area contributed by atoms with Gasteiger partial charge in [0.1, 0.15) is 13.2 Å². The maximum atomic E-state index is 12.6. The zero-order valence-corrected chi connectivity index (χ0v) is 17.5. The molecule has 1 heterocycles. The smallest absolute Gasteiger partial charge is 0.246 e. The summed E-state index contributed by atoms with van der Waals surface area (Å²) in [6, 6.07) is 9.31. The summed E-state index contributed by atoms with van der Waals surface area (Å²) in [6.07, 6.45) is 3.09. The molecule has 0 aromatic heterocycles. The number of hydrogen-bond acceptors (Lipinski definition) is 5. The number of sulfonamides is 1. The lowest BCUT2D eigenvalue weighted by Gasteiger charge is -2.24. The molecule has 1 amide bonds. The van der Waals surface area contributed by atoms with Crippen LogP contribution in [0.15, 0.2) is 47.4 Å². The quantitative estimate of drug-likeness (QED) is 0.726. The van der Waals surface area contributed by atoms with Gasteiger partial charge in [-0.25, -0.2) is 13.6 Å². The zero-order valence-electron chi connectivity index (χ0n) is 16.0. The highest BCUT2D eigenvalue weighted by Crippen LogP contribution is 2.38. The number of likely N-dealkylation sites (N-methyl/N-ethyl adjacent to an activating group) is 1. The summed E-state index contributed by atoms with van der Waals surface area (Å²) in [6.45, 7) is 2.74. The molecule has 9 heteroatoms. The normalized spacial score (nSPS) is 14.6. The lowest BCUT2D eigenvalue weighted by molar-refractivity contribution is -0.126. The number of rotatable bonds is 5. The van der Waals surface area contributed by atoms with E-state index in [1.54, 1.807) is 42.3 Å². The summed E-state index contributed by atoms with van der Waals surface area (Å²) in [5.41, 5.74) is 1.50. The van der Waals surface area contributed by atoms with E-state index in [2.05, 4.69) is 0 Å². The Bertz CT molecular complexity index is 1050. The van der Waals surface area contributed by atoms with Crippen LogP contribution in [-0.4, -0.2) is 39.5 Å². The number of nitrogens with zero attached hydrogens (tertiary/aromatic N) is 1. The van der Waals surface area contributed by atoms with Gasteiger partial charge in [0, 0.05) is 13.1 Å². The van der Waals surface area contributed by atoms with Crippen LogP contribution in [-0.2, 0) is 14.8 Å². The number of halogens is 1. The van der Waals surface area contributed by atoms with Crippen molar-refractivity contribution in [1.29, 1.82) is 0 Å². The molecular formula is C20H21ClN2O5S. The molecule has 1 atom stereocenters. The third-order valence-electron chi connectivity index (χ3n) is 4.66. The monoisotopic (exact) mass is 436 g/mol. The van der Waals surface area contributed by atoms with E-state index in [1.165, 1.54) is 18.2 Å². The Morgan fingerprint density at radius 1 is 1.21 bits per heavy atom. The van der Waals surface area contributed by atoms with Crippen molar-refractivity contribution >= 4 is 33.6 Å². The molecule has 0 aliphatic carbocycles. The summed E-state index contributed by atoms with van der Waals surface area (Å²) in [5, 5.41) is 5.53. The summed E-state index contributed by atoms with van der Waals surface area (Å²) in [7, 11) is -2.08. The van der Waals surface area contributed by atoms with E-state index in [0.29, 0.717) is 35.3 Å². The highest BCUT2D eigenvalue weighted by atomic mass is 35.5. The molecule has 1 unspecified atom stereocenters. The third-order valence-corrected chi connectivity index (χ3v) is 5.87. The molecule has 0 saturated heterocycles. The second kappa shape index (κ2) is 8.44. The van der Waals surface area contributed by atoms with Crippen LogP contribution in [0.5, 0.6) is 11.5 Å². The van der Waals surface area contributed by atoms with Crippen molar-refractivity contribution in [3.63, 3.8) is 0 Å². The first-order chi connectivity index (χ1) is 13.7. The van der Waals surface area contributed by atoms with Crippen molar-refractivity contribution in [2.75, 3.05) is 20.3 Å². The Labute approximate surface area is 174 Å². The minimum Gasteiger partial charge on any atom is -0.486 e. The second-order valence-electron chi connectivity index (χ2n) is 6.60. The van der Waals surface area contributed by atoms with Gasteiger partial charge in [-0.3, -0.25) is 4.79 Å². The third kappa shape index (κ3) is 4.90. The van der Waals surface area contributed by atoms with Gasteiger partial charge < -0.3 is 14.4 Å². The van der Waals surface area contributed by atoms with Crippen LogP contribution >= 0.6 is 11.6 Å². The summed E-state index contributed by atoms with van der Waals surface area (Å²) in [4.78, 5) is 14.1. The highest BCUT2D eigenvalue weighted by molar-refractivity contribution is 7.89. The number of hydrogen-bond donors (Lipinski definition) is 1. The van der Waals surface area contributed by atoms with E-state index in [9.17, 15) is 13.2 Å². The number of nitrogens with two attached hydrogens (primary N) is 1. The molecule has 0 radical (unpaired) electrons. The van der Waals surface area contributed by atoms with Crippen LogP contribution in [0.2, 0.25) is 5.02 Å². The van der Waals surface area contributed by atoms with Crippen LogP contribution in [0.25, 0.3) is 6.08 Å². The number of benzene rings is 2. The first-order valence-electron chi connectivity index (χ1n) is 8.83. The lowest BCUT2D eigenvalue weighted by Crippen LogP contribution is -2.28. The van der Waals surface area contributed by atoms with Crippen molar-refractivity contribution in [2.24, 2.45) is 5.14 Å². The van der Waals surface area contributed by atoms with Gasteiger partial charge in [-0.05, 0) is 48.4 Å². The van der Waals surface area contributed by atoms with Crippen molar-refractivity contribution < 1.29 is 22.7 Å². The van der Waals surface area contributed by atoms with Gasteiger partial charge in [0.05, 0.1) is 16.0 Å². The van der Waals surface area contributed by atoms with E-state index in [-0.39, 0.29) is 16.8 Å². The number of ether oxygens (including phenoxy) is 2. The molecule has 1 aliphatic rings. The van der Waals surface area contributed by atoms with Gasteiger partial charge in [0.15, 0.2) is 11.5 Å². The van der Waals surface area contributed by atoms with Crippen LogP contribution in [0, 0.1) is 0 Å². The van der Waals surface area contributed by atoms with Crippen molar-refractivity contribution in [3.8, 4) is 11.5 Å². The molecule has 0 bridgehead atoms.